The molecular weight excluding hydrogens is 541 g/mol. The second-order valence-electron chi connectivity index (χ2n) is 9.40. The summed E-state index contributed by atoms with van der Waals surface area (Å²) in [6, 6.07) is 10.4. The first-order chi connectivity index (χ1) is 17.4. The lowest BCUT2D eigenvalue weighted by atomic mass is 10.00. The van der Waals surface area contributed by atoms with Gasteiger partial charge in [0.25, 0.3) is 5.56 Å². The van der Waals surface area contributed by atoms with Gasteiger partial charge in [-0.1, -0.05) is 62.9 Å². The molecule has 1 aromatic carbocycles. The zero-order valence-electron chi connectivity index (χ0n) is 20.7. The molecule has 1 unspecified atom stereocenters. The molecule has 2 aromatic rings. The van der Waals surface area contributed by atoms with Gasteiger partial charge in [0.2, 0.25) is 0 Å². The summed E-state index contributed by atoms with van der Waals surface area (Å²) in [4.78, 5) is 37.8. The molecule has 14 heteroatoms. The van der Waals surface area contributed by atoms with Gasteiger partial charge < -0.3 is 10.2 Å². The van der Waals surface area contributed by atoms with Crippen molar-refractivity contribution < 1.29 is 28.6 Å². The van der Waals surface area contributed by atoms with Crippen LogP contribution in [0.25, 0.3) is 0 Å². The molecule has 11 nitrogen and oxygen atoms in total. The fraction of sp³-hybridized carbons (Fsp3) is 0.522. The average molecular weight is 574 g/mol. The Hall–Kier alpha value is -1.70. The average Bonchev–Trinajstić information content (AvgIpc) is 3.13. The molecule has 4 N–H and O–H groups in total. The maximum atomic E-state index is 13.5. The summed E-state index contributed by atoms with van der Waals surface area (Å²) in [5.41, 5.74) is -0.977. The number of benzene rings is 1. The number of thioether (sulfide) groups is 2. The molecule has 1 aliphatic rings. The topological polar surface area (TPSA) is 160 Å². The van der Waals surface area contributed by atoms with E-state index in [2.05, 4.69) is 10.1 Å². The largest absolute Gasteiger partial charge is 0.405 e. The third-order valence-corrected chi connectivity index (χ3v) is 9.73. The number of H-pyrrole nitrogens is 1. The van der Waals surface area contributed by atoms with Crippen LogP contribution in [0.4, 0.5) is 0 Å². The van der Waals surface area contributed by atoms with Crippen molar-refractivity contribution in [2.24, 2.45) is 5.41 Å². The van der Waals surface area contributed by atoms with E-state index >= 15 is 0 Å². The quantitative estimate of drug-likeness (QED) is 0.230. The summed E-state index contributed by atoms with van der Waals surface area (Å²) in [5, 5.41) is 22.2. The molecule has 37 heavy (non-hydrogen) atoms. The molecule has 0 bridgehead atoms. The van der Waals surface area contributed by atoms with Crippen molar-refractivity contribution >= 4 is 36.4 Å². The SMILES string of the molecule is CC(C)(C)C(=O)SCCOP(=O)(NCc1ccccc1)OC[C@H]1S[C@@H](n2ccc(=O)[nH]c2=O)[C@H](O)[C@@H]1O. The number of hydrogen-bond donors (Lipinski definition) is 4. The van der Waals surface area contributed by atoms with Crippen molar-refractivity contribution in [3.8, 4) is 0 Å². The van der Waals surface area contributed by atoms with Crippen LogP contribution in [0.3, 0.4) is 0 Å². The molecule has 1 aliphatic heterocycles. The number of carbonyl (C=O) groups is 1. The van der Waals surface area contributed by atoms with Gasteiger partial charge in [-0.2, -0.15) is 0 Å². The van der Waals surface area contributed by atoms with Crippen molar-refractivity contribution in [1.82, 2.24) is 14.6 Å². The molecule has 1 aromatic heterocycles. The molecule has 1 saturated heterocycles. The lowest BCUT2D eigenvalue weighted by Crippen LogP contribution is -2.37. The van der Waals surface area contributed by atoms with Gasteiger partial charge in [-0.3, -0.25) is 28.2 Å². The Morgan fingerprint density at radius 3 is 2.51 bits per heavy atom. The van der Waals surface area contributed by atoms with Gasteiger partial charge in [0.15, 0.2) is 5.12 Å². The first-order valence-electron chi connectivity index (χ1n) is 11.6. The number of nitrogens with one attached hydrogen (secondary N) is 2. The first-order valence-corrected chi connectivity index (χ1v) is 15.1. The van der Waals surface area contributed by atoms with Gasteiger partial charge in [-0.15, -0.1) is 11.8 Å². The zero-order valence-corrected chi connectivity index (χ0v) is 23.3. The lowest BCUT2D eigenvalue weighted by molar-refractivity contribution is -0.117. The van der Waals surface area contributed by atoms with Crippen LogP contribution in [-0.2, 0) is 25.0 Å². The Kier molecular flexibility index (Phi) is 10.4. The van der Waals surface area contributed by atoms with Crippen molar-refractivity contribution in [3.63, 3.8) is 0 Å². The van der Waals surface area contributed by atoms with Crippen molar-refractivity contribution in [2.75, 3.05) is 19.0 Å². The predicted molar refractivity (Wildman–Crippen MR) is 143 cm³/mol. The highest BCUT2D eigenvalue weighted by molar-refractivity contribution is 8.13. The summed E-state index contributed by atoms with van der Waals surface area (Å²) >= 11 is 2.13. The Morgan fingerprint density at radius 1 is 1.16 bits per heavy atom. The molecule has 5 atom stereocenters. The molecule has 0 saturated carbocycles. The predicted octanol–water partition coefficient (Wildman–Crippen LogP) is 2.11. The highest BCUT2D eigenvalue weighted by Gasteiger charge is 2.44. The maximum Gasteiger partial charge on any atom is 0.405 e. The number of aliphatic hydroxyl groups excluding tert-OH is 2. The number of hydrogen-bond acceptors (Lipinski definition) is 10. The second-order valence-corrected chi connectivity index (χ2v) is 13.7. The number of carbonyl (C=O) groups excluding carboxylic acids is 1. The molecule has 204 valence electrons. The Morgan fingerprint density at radius 2 is 1.86 bits per heavy atom. The molecule has 0 radical (unpaired) electrons. The Balaban J connectivity index is 1.65. The first kappa shape index (κ1) is 29.9. The molecule has 3 rings (SSSR count). The van der Waals surface area contributed by atoms with Gasteiger partial charge in [0, 0.05) is 30.0 Å². The van der Waals surface area contributed by atoms with Crippen LogP contribution in [0.5, 0.6) is 0 Å². The van der Waals surface area contributed by atoms with Gasteiger partial charge in [0.05, 0.1) is 24.6 Å². The van der Waals surface area contributed by atoms with E-state index in [1.807, 2.05) is 51.1 Å². The van der Waals surface area contributed by atoms with E-state index < -0.39 is 47.2 Å². The van der Waals surface area contributed by atoms with Crippen LogP contribution in [-0.4, -0.2) is 61.3 Å². The third kappa shape index (κ3) is 8.39. The van der Waals surface area contributed by atoms with Crippen LogP contribution >= 0.6 is 31.3 Å². The summed E-state index contributed by atoms with van der Waals surface area (Å²) in [5.74, 6) is 0.271. The highest BCUT2D eigenvalue weighted by atomic mass is 32.2. The number of rotatable bonds is 11. The van der Waals surface area contributed by atoms with Crippen LogP contribution in [0, 0.1) is 5.41 Å². The van der Waals surface area contributed by atoms with Crippen molar-refractivity contribution in [3.05, 3.63) is 69.0 Å². The number of nitrogens with zero attached hydrogens (tertiary/aromatic N) is 1. The molecule has 1 fully saturated rings. The molecular formula is C23H32N3O8PS2. The summed E-state index contributed by atoms with van der Waals surface area (Å²) in [6.07, 6.45) is -1.39. The van der Waals surface area contributed by atoms with E-state index in [0.29, 0.717) is 0 Å². The van der Waals surface area contributed by atoms with E-state index in [4.69, 9.17) is 9.05 Å². The lowest BCUT2D eigenvalue weighted by Gasteiger charge is -2.22. The number of aliphatic hydroxyl groups is 2. The molecule has 0 spiro atoms. The van der Waals surface area contributed by atoms with Crippen molar-refractivity contribution in [1.29, 1.82) is 0 Å². The molecule has 0 aliphatic carbocycles. The second kappa shape index (κ2) is 12.9. The molecule has 2 heterocycles. The van der Waals surface area contributed by atoms with E-state index in [9.17, 15) is 29.2 Å². The monoisotopic (exact) mass is 573 g/mol. The van der Waals surface area contributed by atoms with Gasteiger partial charge in [-0.25, -0.2) is 14.4 Å². The van der Waals surface area contributed by atoms with E-state index in [0.717, 1.165) is 39.7 Å². The third-order valence-electron chi connectivity index (χ3n) is 5.38. The van der Waals surface area contributed by atoms with Crippen LogP contribution in [0.15, 0.2) is 52.2 Å². The smallest absolute Gasteiger partial charge is 0.389 e. The standard InChI is InChI=1S/C23H32N3O8PS2/c1-23(2,3)21(30)36-12-11-33-35(32,24-13-15-7-5-4-6-8-15)34-14-16-18(28)19(29)20(37-16)26-10-9-17(27)25-22(26)31/h4-10,16,18-20,28-29H,11-14H2,1-3H3,(H,24,32)(H,25,27,31)/t16-,18-,19-,20-,35?/m1/s1. The van der Waals surface area contributed by atoms with Gasteiger partial charge >= 0.3 is 13.4 Å². The number of aromatic amines is 1. The van der Waals surface area contributed by atoms with Crippen LogP contribution in [0.1, 0.15) is 31.7 Å². The minimum atomic E-state index is -3.89. The maximum absolute atomic E-state index is 13.5. The Labute approximate surface area is 222 Å². The minimum absolute atomic E-state index is 0.0212. The van der Waals surface area contributed by atoms with E-state index in [-0.39, 0.29) is 30.6 Å². The van der Waals surface area contributed by atoms with Gasteiger partial charge in [-0.05, 0) is 5.56 Å². The molecule has 0 amide bonds. The normalized spacial score (nSPS) is 23.6. The van der Waals surface area contributed by atoms with Crippen LogP contribution in [0.2, 0.25) is 0 Å². The number of aromatic nitrogens is 2. The fourth-order valence-corrected chi connectivity index (χ4v) is 7.09. The highest BCUT2D eigenvalue weighted by Crippen LogP contribution is 2.48. The summed E-state index contributed by atoms with van der Waals surface area (Å²) in [6.45, 7) is 5.34. The minimum Gasteiger partial charge on any atom is -0.389 e. The Bertz CT molecular complexity index is 1220. The zero-order chi connectivity index (χ0) is 27.2. The van der Waals surface area contributed by atoms with E-state index in [1.165, 1.54) is 6.20 Å². The summed E-state index contributed by atoms with van der Waals surface area (Å²) in [7, 11) is -3.89. The fourth-order valence-electron chi connectivity index (χ4n) is 3.32. The van der Waals surface area contributed by atoms with Gasteiger partial charge in [0.1, 0.15) is 11.5 Å². The van der Waals surface area contributed by atoms with Crippen LogP contribution < -0.4 is 16.3 Å². The summed E-state index contributed by atoms with van der Waals surface area (Å²) < 4.78 is 25.9. The van der Waals surface area contributed by atoms with Crippen molar-refractivity contribution in [2.45, 2.75) is 50.1 Å². The van der Waals surface area contributed by atoms with E-state index in [1.54, 1.807) is 0 Å².